The van der Waals surface area contributed by atoms with E-state index in [9.17, 15) is 4.79 Å². The van der Waals surface area contributed by atoms with E-state index in [4.69, 9.17) is 9.15 Å². The maximum absolute atomic E-state index is 12.3. The van der Waals surface area contributed by atoms with Gasteiger partial charge in [-0.15, -0.1) is 10.2 Å². The van der Waals surface area contributed by atoms with E-state index in [0.29, 0.717) is 40.2 Å². The number of aryl methyl sites for hydroxylation is 2. The Kier molecular flexibility index (Phi) is 4.59. The van der Waals surface area contributed by atoms with Gasteiger partial charge in [-0.1, -0.05) is 0 Å². The molecule has 0 fully saturated rings. The van der Waals surface area contributed by atoms with Crippen LogP contribution in [-0.2, 0) is 0 Å². The van der Waals surface area contributed by atoms with Crippen LogP contribution >= 0.6 is 0 Å². The Hall–Kier alpha value is -3.94. The zero-order chi connectivity index (χ0) is 19.5. The molecular weight excluding hydrogens is 358 g/mol. The molecule has 28 heavy (non-hydrogen) atoms. The molecule has 0 spiro atoms. The average molecular weight is 375 g/mol. The van der Waals surface area contributed by atoms with Crippen molar-refractivity contribution in [3.05, 3.63) is 78.0 Å². The number of amides is 1. The molecule has 3 heterocycles. The minimum absolute atomic E-state index is 0.219. The largest absolute Gasteiger partial charge is 0.466 e. The van der Waals surface area contributed by atoms with E-state index in [1.807, 2.05) is 6.07 Å². The number of carbonyl (C=O) groups excluding carboxylic acids is 1. The third-order valence-electron chi connectivity index (χ3n) is 3.99. The lowest BCUT2D eigenvalue weighted by Crippen LogP contribution is -2.11. The highest BCUT2D eigenvalue weighted by Crippen LogP contribution is 2.22. The Morgan fingerprint density at radius 2 is 1.93 bits per heavy atom. The number of furan rings is 1. The third kappa shape index (κ3) is 3.75. The van der Waals surface area contributed by atoms with Crippen molar-refractivity contribution in [1.29, 1.82) is 0 Å². The van der Waals surface area contributed by atoms with E-state index >= 15 is 0 Å². The van der Waals surface area contributed by atoms with Gasteiger partial charge in [0.25, 0.3) is 5.91 Å². The maximum atomic E-state index is 12.3. The Morgan fingerprint density at radius 1 is 1.11 bits per heavy atom. The number of nitrogens with zero attached hydrogens (tertiary/aromatic N) is 4. The summed E-state index contributed by atoms with van der Waals surface area (Å²) >= 11 is 0. The number of anilines is 1. The zero-order valence-corrected chi connectivity index (χ0v) is 15.3. The second kappa shape index (κ2) is 7.36. The van der Waals surface area contributed by atoms with Crippen LogP contribution in [0, 0.1) is 13.8 Å². The lowest BCUT2D eigenvalue weighted by molar-refractivity contribution is 0.102. The Morgan fingerprint density at radius 3 is 2.54 bits per heavy atom. The van der Waals surface area contributed by atoms with Crippen LogP contribution < -0.4 is 10.1 Å². The van der Waals surface area contributed by atoms with Gasteiger partial charge in [-0.2, -0.15) is 5.10 Å². The normalized spacial score (nSPS) is 10.6. The molecule has 3 aromatic heterocycles. The molecule has 0 saturated carbocycles. The first-order valence-corrected chi connectivity index (χ1v) is 8.58. The molecule has 4 rings (SSSR count). The Labute approximate surface area is 160 Å². The van der Waals surface area contributed by atoms with E-state index in [2.05, 4.69) is 20.6 Å². The van der Waals surface area contributed by atoms with Crippen molar-refractivity contribution < 1.29 is 13.9 Å². The lowest BCUT2D eigenvalue weighted by atomic mass is 10.2. The van der Waals surface area contributed by atoms with Crippen molar-refractivity contribution in [3.8, 4) is 17.4 Å². The SMILES string of the molecule is Cc1cc(C(=O)Nc2ccc(Oc3ccc(-n4cccn4)nn3)cc2)c(C)o1. The molecule has 0 bridgehead atoms. The van der Waals surface area contributed by atoms with Gasteiger partial charge in [0.05, 0.1) is 5.56 Å². The summed E-state index contributed by atoms with van der Waals surface area (Å²) in [6, 6.07) is 14.0. The third-order valence-corrected chi connectivity index (χ3v) is 3.99. The minimum Gasteiger partial charge on any atom is -0.466 e. The molecule has 0 aliphatic carbocycles. The number of hydrogen-bond acceptors (Lipinski definition) is 6. The van der Waals surface area contributed by atoms with Crippen molar-refractivity contribution in [2.45, 2.75) is 13.8 Å². The topological polar surface area (TPSA) is 95.1 Å². The highest BCUT2D eigenvalue weighted by Gasteiger charge is 2.13. The average Bonchev–Trinajstić information content (AvgIpc) is 3.33. The quantitative estimate of drug-likeness (QED) is 0.568. The summed E-state index contributed by atoms with van der Waals surface area (Å²) in [5.74, 6) is 2.60. The van der Waals surface area contributed by atoms with Crippen LogP contribution in [0.2, 0.25) is 0 Å². The van der Waals surface area contributed by atoms with Gasteiger partial charge in [0, 0.05) is 24.1 Å². The molecule has 8 nitrogen and oxygen atoms in total. The second-order valence-corrected chi connectivity index (χ2v) is 6.09. The van der Waals surface area contributed by atoms with Crippen LogP contribution in [-0.4, -0.2) is 25.9 Å². The van der Waals surface area contributed by atoms with E-state index in [1.54, 1.807) is 73.4 Å². The first-order valence-electron chi connectivity index (χ1n) is 8.58. The van der Waals surface area contributed by atoms with Gasteiger partial charge in [0.1, 0.15) is 17.3 Å². The molecule has 4 aromatic rings. The number of rotatable bonds is 5. The molecular formula is C20H17N5O3. The number of aromatic nitrogens is 4. The summed E-state index contributed by atoms with van der Waals surface area (Å²) in [4.78, 5) is 12.3. The minimum atomic E-state index is -0.219. The monoisotopic (exact) mass is 375 g/mol. The van der Waals surface area contributed by atoms with E-state index in [1.165, 1.54) is 0 Å². The molecule has 0 aliphatic heterocycles. The number of nitrogens with one attached hydrogen (secondary N) is 1. The van der Waals surface area contributed by atoms with Crippen LogP contribution in [0.3, 0.4) is 0 Å². The van der Waals surface area contributed by atoms with Crippen LogP contribution in [0.4, 0.5) is 5.69 Å². The van der Waals surface area contributed by atoms with Gasteiger partial charge >= 0.3 is 0 Å². The first kappa shape index (κ1) is 17.5. The van der Waals surface area contributed by atoms with Gasteiger partial charge in [0.2, 0.25) is 5.88 Å². The van der Waals surface area contributed by atoms with Gasteiger partial charge in [-0.3, -0.25) is 4.79 Å². The standard InChI is InChI=1S/C20H17N5O3/c1-13-12-17(14(2)27-13)20(26)22-15-4-6-16(7-5-15)28-19-9-8-18(23-24-19)25-11-3-10-21-25/h3-12H,1-2H3,(H,22,26). The smallest absolute Gasteiger partial charge is 0.259 e. The van der Waals surface area contributed by atoms with Crippen LogP contribution in [0.1, 0.15) is 21.9 Å². The predicted molar refractivity (Wildman–Crippen MR) is 102 cm³/mol. The summed E-state index contributed by atoms with van der Waals surface area (Å²) < 4.78 is 12.7. The van der Waals surface area contributed by atoms with Gasteiger partial charge in [-0.05, 0) is 56.3 Å². The molecule has 1 amide bonds. The number of hydrogen-bond donors (Lipinski definition) is 1. The zero-order valence-electron chi connectivity index (χ0n) is 15.3. The highest BCUT2D eigenvalue weighted by molar-refractivity contribution is 6.05. The summed E-state index contributed by atoms with van der Waals surface area (Å²) in [5.41, 5.74) is 1.17. The van der Waals surface area contributed by atoms with Gasteiger partial charge in [0.15, 0.2) is 5.82 Å². The predicted octanol–water partition coefficient (Wildman–Crippen LogP) is 3.92. The van der Waals surface area contributed by atoms with Crippen LogP contribution in [0.15, 0.2) is 65.3 Å². The van der Waals surface area contributed by atoms with Crippen molar-refractivity contribution in [3.63, 3.8) is 0 Å². The summed E-state index contributed by atoms with van der Waals surface area (Å²) in [6.45, 7) is 3.57. The van der Waals surface area contributed by atoms with E-state index < -0.39 is 0 Å². The first-order chi connectivity index (χ1) is 13.6. The number of ether oxygens (including phenoxy) is 1. The molecule has 0 unspecified atom stereocenters. The number of carbonyl (C=O) groups is 1. The molecule has 8 heteroatoms. The Bertz CT molecular complexity index is 1080. The van der Waals surface area contributed by atoms with Gasteiger partial charge in [-0.25, -0.2) is 4.68 Å². The fourth-order valence-corrected chi connectivity index (χ4v) is 2.68. The van der Waals surface area contributed by atoms with Crippen molar-refractivity contribution in [1.82, 2.24) is 20.0 Å². The molecule has 140 valence electrons. The maximum Gasteiger partial charge on any atom is 0.259 e. The van der Waals surface area contributed by atoms with E-state index in [0.717, 1.165) is 0 Å². The molecule has 1 aromatic carbocycles. The fraction of sp³-hybridized carbons (Fsp3) is 0.100. The van der Waals surface area contributed by atoms with Crippen LogP contribution in [0.5, 0.6) is 11.6 Å². The molecule has 0 radical (unpaired) electrons. The fourth-order valence-electron chi connectivity index (χ4n) is 2.68. The highest BCUT2D eigenvalue weighted by atomic mass is 16.5. The van der Waals surface area contributed by atoms with Crippen molar-refractivity contribution >= 4 is 11.6 Å². The second-order valence-electron chi connectivity index (χ2n) is 6.09. The summed E-state index contributed by atoms with van der Waals surface area (Å²) in [5, 5.41) is 15.0. The molecule has 0 aliphatic rings. The Balaban J connectivity index is 1.40. The van der Waals surface area contributed by atoms with Gasteiger partial charge < -0.3 is 14.5 Å². The van der Waals surface area contributed by atoms with E-state index in [-0.39, 0.29) is 5.91 Å². The molecule has 0 saturated heterocycles. The lowest BCUT2D eigenvalue weighted by Gasteiger charge is -2.07. The van der Waals surface area contributed by atoms with Crippen molar-refractivity contribution in [2.24, 2.45) is 0 Å². The number of benzene rings is 1. The molecule has 0 atom stereocenters. The van der Waals surface area contributed by atoms with Crippen molar-refractivity contribution in [2.75, 3.05) is 5.32 Å². The molecule has 1 N–H and O–H groups in total. The van der Waals surface area contributed by atoms with Crippen LogP contribution in [0.25, 0.3) is 5.82 Å². The summed E-state index contributed by atoms with van der Waals surface area (Å²) in [6.07, 6.45) is 3.45. The summed E-state index contributed by atoms with van der Waals surface area (Å²) in [7, 11) is 0.